The average molecular weight is 353 g/mol. The summed E-state index contributed by atoms with van der Waals surface area (Å²) in [6.07, 6.45) is 7.31. The Morgan fingerprint density at radius 2 is 1.85 bits per heavy atom. The van der Waals surface area contributed by atoms with Crippen LogP contribution in [-0.2, 0) is 7.05 Å². The van der Waals surface area contributed by atoms with Crippen LogP contribution in [0.15, 0.2) is 30.9 Å². The summed E-state index contributed by atoms with van der Waals surface area (Å²) in [5, 5.41) is 9.48. The second-order valence-electron chi connectivity index (χ2n) is 6.97. The van der Waals surface area contributed by atoms with Crippen molar-refractivity contribution < 1.29 is 4.79 Å². The molecule has 1 saturated heterocycles. The molecule has 0 N–H and O–H groups in total. The summed E-state index contributed by atoms with van der Waals surface area (Å²) >= 11 is 0. The van der Waals surface area contributed by atoms with E-state index in [1.165, 1.54) is 0 Å². The highest BCUT2D eigenvalue weighted by Crippen LogP contribution is 2.19. The summed E-state index contributed by atoms with van der Waals surface area (Å²) in [5.41, 5.74) is 2.54. The molecule has 136 valence electrons. The molecule has 1 aliphatic rings. The highest BCUT2D eigenvalue weighted by atomic mass is 16.2. The van der Waals surface area contributed by atoms with Crippen molar-refractivity contribution in [1.29, 1.82) is 0 Å². The van der Waals surface area contributed by atoms with Gasteiger partial charge in [0.2, 0.25) is 0 Å². The molecule has 0 spiro atoms. The molecule has 26 heavy (non-hydrogen) atoms. The summed E-state index contributed by atoms with van der Waals surface area (Å²) in [4.78, 5) is 21.5. The monoisotopic (exact) mass is 353 g/mol. The predicted octanol–water partition coefficient (Wildman–Crippen LogP) is 1.71. The van der Waals surface area contributed by atoms with Crippen LogP contribution >= 0.6 is 0 Å². The molecule has 8 heteroatoms. The Morgan fingerprint density at radius 1 is 1.08 bits per heavy atom. The van der Waals surface area contributed by atoms with E-state index in [2.05, 4.69) is 33.9 Å². The quantitative estimate of drug-likeness (QED) is 0.717. The summed E-state index contributed by atoms with van der Waals surface area (Å²) < 4.78 is 3.67. The van der Waals surface area contributed by atoms with Crippen LogP contribution in [0.2, 0.25) is 0 Å². The molecule has 1 amide bonds. The number of piperazine rings is 1. The van der Waals surface area contributed by atoms with Crippen LogP contribution in [0.3, 0.4) is 0 Å². The third kappa shape index (κ3) is 2.91. The van der Waals surface area contributed by atoms with Crippen molar-refractivity contribution in [2.24, 2.45) is 7.05 Å². The van der Waals surface area contributed by atoms with Gasteiger partial charge < -0.3 is 9.80 Å². The summed E-state index contributed by atoms with van der Waals surface area (Å²) in [6.45, 7) is 7.12. The van der Waals surface area contributed by atoms with Crippen LogP contribution in [0.1, 0.15) is 30.2 Å². The van der Waals surface area contributed by atoms with E-state index in [4.69, 9.17) is 0 Å². The molecular formula is C18H23N7O. The summed E-state index contributed by atoms with van der Waals surface area (Å²) in [6, 6.07) is 2.13. The third-order valence-corrected chi connectivity index (χ3v) is 4.79. The molecule has 8 nitrogen and oxygen atoms in total. The lowest BCUT2D eigenvalue weighted by Crippen LogP contribution is -2.48. The number of hydrogen-bond donors (Lipinski definition) is 0. The maximum absolute atomic E-state index is 12.9. The van der Waals surface area contributed by atoms with Crippen molar-refractivity contribution >= 4 is 22.6 Å². The minimum atomic E-state index is 0.0301. The lowest BCUT2D eigenvalue weighted by atomic mass is 10.2. The molecule has 0 aliphatic carbocycles. The molecule has 1 fully saturated rings. The fraction of sp³-hybridized carbons (Fsp3) is 0.444. The zero-order valence-electron chi connectivity index (χ0n) is 15.3. The minimum absolute atomic E-state index is 0.0301. The van der Waals surface area contributed by atoms with Gasteiger partial charge in [0.25, 0.3) is 5.91 Å². The number of anilines is 1. The fourth-order valence-corrected chi connectivity index (χ4v) is 3.36. The van der Waals surface area contributed by atoms with Crippen LogP contribution in [0.5, 0.6) is 0 Å². The first-order valence-electron chi connectivity index (χ1n) is 8.89. The largest absolute Gasteiger partial charge is 0.365 e. The first kappa shape index (κ1) is 16.6. The molecule has 0 saturated carbocycles. The van der Waals surface area contributed by atoms with Gasteiger partial charge in [0, 0.05) is 57.0 Å². The number of aryl methyl sites for hydroxylation is 1. The van der Waals surface area contributed by atoms with Crippen LogP contribution in [0.4, 0.5) is 5.69 Å². The van der Waals surface area contributed by atoms with Gasteiger partial charge in [0.05, 0.1) is 23.6 Å². The predicted molar refractivity (Wildman–Crippen MR) is 99.2 cm³/mol. The molecule has 3 aromatic rings. The smallest absolute Gasteiger partial charge is 0.255 e. The van der Waals surface area contributed by atoms with Crippen molar-refractivity contribution in [1.82, 2.24) is 29.4 Å². The van der Waals surface area contributed by atoms with Crippen LogP contribution in [0.25, 0.3) is 11.0 Å². The average Bonchev–Trinajstić information content (AvgIpc) is 3.27. The van der Waals surface area contributed by atoms with E-state index in [1.807, 2.05) is 35.1 Å². The zero-order chi connectivity index (χ0) is 18.3. The highest BCUT2D eigenvalue weighted by molar-refractivity contribution is 5.97. The van der Waals surface area contributed by atoms with Gasteiger partial charge in [0.1, 0.15) is 0 Å². The highest BCUT2D eigenvalue weighted by Gasteiger charge is 2.23. The minimum Gasteiger partial charge on any atom is -0.365 e. The second kappa shape index (κ2) is 6.44. The molecule has 4 rings (SSSR count). The Bertz CT molecular complexity index is 934. The van der Waals surface area contributed by atoms with Gasteiger partial charge in [-0.25, -0.2) is 9.67 Å². The second-order valence-corrected chi connectivity index (χ2v) is 6.97. The summed E-state index contributed by atoms with van der Waals surface area (Å²) in [7, 11) is 1.91. The number of carbonyl (C=O) groups excluding carboxylic acids is 1. The first-order valence-corrected chi connectivity index (χ1v) is 8.89. The van der Waals surface area contributed by atoms with E-state index < -0.39 is 0 Å². The number of pyridine rings is 1. The van der Waals surface area contributed by atoms with Crippen molar-refractivity contribution in [3.8, 4) is 0 Å². The van der Waals surface area contributed by atoms with E-state index in [0.717, 1.165) is 29.8 Å². The van der Waals surface area contributed by atoms with Gasteiger partial charge in [-0.3, -0.25) is 9.48 Å². The van der Waals surface area contributed by atoms with Gasteiger partial charge in [-0.15, -0.1) is 0 Å². The number of nitrogens with zero attached hydrogens (tertiary/aromatic N) is 7. The molecule has 3 aromatic heterocycles. The molecule has 0 radical (unpaired) electrons. The van der Waals surface area contributed by atoms with E-state index >= 15 is 0 Å². The molecule has 0 bridgehead atoms. The van der Waals surface area contributed by atoms with Gasteiger partial charge >= 0.3 is 0 Å². The number of aromatic nitrogens is 5. The first-order chi connectivity index (χ1) is 12.5. The van der Waals surface area contributed by atoms with Crippen LogP contribution in [-0.4, -0.2) is 61.5 Å². The van der Waals surface area contributed by atoms with E-state index in [0.29, 0.717) is 18.7 Å². The Labute approximate surface area is 152 Å². The molecular weight excluding hydrogens is 330 g/mol. The fourth-order valence-electron chi connectivity index (χ4n) is 3.36. The standard InChI is InChI=1S/C18H23N7O/c1-13(2)25-17-14(10-21-25)8-15(9-19-17)18(26)24-6-4-23(5-7-24)16-11-20-22(3)12-16/h8-13H,4-7H2,1-3H3. The Balaban J connectivity index is 1.47. The Kier molecular flexibility index (Phi) is 4.10. The Morgan fingerprint density at radius 3 is 2.50 bits per heavy atom. The van der Waals surface area contributed by atoms with Crippen LogP contribution in [0, 0.1) is 0 Å². The number of amides is 1. The maximum Gasteiger partial charge on any atom is 0.255 e. The molecule has 4 heterocycles. The SMILES string of the molecule is CC(C)n1ncc2cc(C(=O)N3CCN(c4cnn(C)c4)CC3)cnc21. The van der Waals surface area contributed by atoms with Crippen molar-refractivity contribution in [2.75, 3.05) is 31.1 Å². The lowest BCUT2D eigenvalue weighted by Gasteiger charge is -2.35. The molecule has 1 aliphatic heterocycles. The molecule has 0 aromatic carbocycles. The van der Waals surface area contributed by atoms with Gasteiger partial charge in [-0.1, -0.05) is 0 Å². The van der Waals surface area contributed by atoms with Crippen molar-refractivity contribution in [2.45, 2.75) is 19.9 Å². The Hall–Kier alpha value is -2.90. The number of fused-ring (bicyclic) bond motifs is 1. The third-order valence-electron chi connectivity index (χ3n) is 4.79. The molecule has 0 atom stereocenters. The number of carbonyl (C=O) groups is 1. The van der Waals surface area contributed by atoms with E-state index in [9.17, 15) is 4.79 Å². The van der Waals surface area contributed by atoms with Gasteiger partial charge in [-0.05, 0) is 19.9 Å². The maximum atomic E-state index is 12.9. The van der Waals surface area contributed by atoms with E-state index in [-0.39, 0.29) is 11.9 Å². The van der Waals surface area contributed by atoms with Gasteiger partial charge in [-0.2, -0.15) is 10.2 Å². The topological polar surface area (TPSA) is 72.1 Å². The normalized spacial score (nSPS) is 15.2. The zero-order valence-corrected chi connectivity index (χ0v) is 15.3. The molecule has 0 unspecified atom stereocenters. The number of hydrogen-bond acceptors (Lipinski definition) is 5. The summed E-state index contributed by atoms with van der Waals surface area (Å²) in [5.74, 6) is 0.0301. The lowest BCUT2D eigenvalue weighted by molar-refractivity contribution is 0.0746. The number of rotatable bonds is 3. The van der Waals surface area contributed by atoms with Gasteiger partial charge in [0.15, 0.2) is 5.65 Å². The van der Waals surface area contributed by atoms with Crippen molar-refractivity contribution in [3.63, 3.8) is 0 Å². The van der Waals surface area contributed by atoms with Crippen LogP contribution < -0.4 is 4.90 Å². The van der Waals surface area contributed by atoms with E-state index in [1.54, 1.807) is 17.1 Å². The van der Waals surface area contributed by atoms with Crippen molar-refractivity contribution in [3.05, 3.63) is 36.4 Å².